The van der Waals surface area contributed by atoms with E-state index in [0.717, 1.165) is 25.7 Å². The first-order chi connectivity index (χ1) is 9.98. The van der Waals surface area contributed by atoms with Gasteiger partial charge in [-0.05, 0) is 43.5 Å². The maximum absolute atomic E-state index is 12.1. The number of hydrogen-bond acceptors (Lipinski definition) is 2. The van der Waals surface area contributed by atoms with Gasteiger partial charge in [0, 0.05) is 12.3 Å². The van der Waals surface area contributed by atoms with E-state index in [-0.39, 0.29) is 11.9 Å². The van der Waals surface area contributed by atoms with Gasteiger partial charge in [0.05, 0.1) is 0 Å². The highest BCUT2D eigenvalue weighted by atomic mass is 19.4. The van der Waals surface area contributed by atoms with Gasteiger partial charge in [-0.15, -0.1) is 25.5 Å². The molecule has 1 aromatic carbocycles. The summed E-state index contributed by atoms with van der Waals surface area (Å²) in [7, 11) is 0. The molecule has 0 amide bonds. The Hall–Kier alpha value is -1.83. The molecule has 2 nitrogen and oxygen atoms in total. The second kappa shape index (κ2) is 6.75. The average molecular weight is 298 g/mol. The molecule has 0 radical (unpaired) electrons. The van der Waals surface area contributed by atoms with E-state index in [1.165, 1.54) is 24.3 Å². The van der Waals surface area contributed by atoms with Crippen LogP contribution in [0.1, 0.15) is 32.1 Å². The summed E-state index contributed by atoms with van der Waals surface area (Å²) in [5.74, 6) is 3.27. The van der Waals surface area contributed by atoms with Crippen molar-refractivity contribution in [2.75, 3.05) is 0 Å². The molecule has 0 spiro atoms. The van der Waals surface area contributed by atoms with Crippen LogP contribution in [0.25, 0.3) is 0 Å². The molecular formula is C16H17F3O2. The monoisotopic (exact) mass is 298 g/mol. The van der Waals surface area contributed by atoms with E-state index >= 15 is 0 Å². The van der Waals surface area contributed by atoms with E-state index in [1.807, 2.05) is 0 Å². The van der Waals surface area contributed by atoms with Crippen LogP contribution in [0.3, 0.4) is 0 Å². The molecule has 1 aromatic rings. The zero-order chi connectivity index (χ0) is 15.3. The molecule has 0 N–H and O–H groups in total. The quantitative estimate of drug-likeness (QED) is 0.759. The number of terminal acetylenes is 1. The molecule has 0 unspecified atom stereocenters. The highest BCUT2D eigenvalue weighted by Gasteiger charge is 2.31. The van der Waals surface area contributed by atoms with Crippen molar-refractivity contribution >= 4 is 0 Å². The lowest BCUT2D eigenvalue weighted by atomic mass is 9.84. The van der Waals surface area contributed by atoms with Crippen molar-refractivity contribution in [3.05, 3.63) is 24.3 Å². The molecule has 0 heterocycles. The summed E-state index contributed by atoms with van der Waals surface area (Å²) < 4.78 is 45.9. The zero-order valence-corrected chi connectivity index (χ0v) is 11.5. The molecule has 0 aliphatic heterocycles. The summed E-state index contributed by atoms with van der Waals surface area (Å²) in [5, 5.41) is 0. The predicted octanol–water partition coefficient (Wildman–Crippen LogP) is 4.55. The van der Waals surface area contributed by atoms with Gasteiger partial charge in [0.2, 0.25) is 0 Å². The standard InChI is InChI=1S/C16H17F3O2/c1-2-5-12-6-3-4-7-15(12)20-13-8-10-14(11-9-13)21-16(17,18)19/h1,8-12,15H,3-7H2/t12-,15+/m1/s1. The summed E-state index contributed by atoms with van der Waals surface area (Å²) >= 11 is 0. The third-order valence-corrected chi connectivity index (χ3v) is 3.56. The molecule has 0 aromatic heterocycles. The Bertz CT molecular complexity index is 488. The summed E-state index contributed by atoms with van der Waals surface area (Å²) in [6.07, 6.45) is 5.57. The molecule has 1 aliphatic rings. The molecule has 1 aliphatic carbocycles. The van der Waals surface area contributed by atoms with E-state index in [1.54, 1.807) is 0 Å². The van der Waals surface area contributed by atoms with Crippen molar-refractivity contribution in [3.8, 4) is 23.8 Å². The van der Waals surface area contributed by atoms with Crippen LogP contribution >= 0.6 is 0 Å². The fourth-order valence-electron chi connectivity index (χ4n) is 2.61. The minimum absolute atomic E-state index is 0.0317. The lowest BCUT2D eigenvalue weighted by molar-refractivity contribution is -0.274. The highest BCUT2D eigenvalue weighted by molar-refractivity contribution is 5.31. The summed E-state index contributed by atoms with van der Waals surface area (Å²) in [6.45, 7) is 0. The van der Waals surface area contributed by atoms with Gasteiger partial charge < -0.3 is 9.47 Å². The number of rotatable bonds is 4. The van der Waals surface area contributed by atoms with Gasteiger partial charge in [-0.1, -0.05) is 6.42 Å². The number of halogens is 3. The molecule has 5 heteroatoms. The van der Waals surface area contributed by atoms with Crippen LogP contribution in [0.4, 0.5) is 13.2 Å². The number of hydrogen-bond donors (Lipinski definition) is 0. The molecule has 1 saturated carbocycles. The van der Waals surface area contributed by atoms with Crippen molar-refractivity contribution in [2.24, 2.45) is 5.92 Å². The molecular weight excluding hydrogens is 281 g/mol. The van der Waals surface area contributed by atoms with Crippen molar-refractivity contribution in [1.82, 2.24) is 0 Å². The van der Waals surface area contributed by atoms with Crippen LogP contribution < -0.4 is 9.47 Å². The van der Waals surface area contributed by atoms with E-state index < -0.39 is 6.36 Å². The second-order valence-electron chi connectivity index (χ2n) is 5.13. The van der Waals surface area contributed by atoms with Gasteiger partial charge in [-0.25, -0.2) is 0 Å². The fourth-order valence-corrected chi connectivity index (χ4v) is 2.61. The zero-order valence-electron chi connectivity index (χ0n) is 11.5. The van der Waals surface area contributed by atoms with Gasteiger partial charge in [-0.3, -0.25) is 0 Å². The lowest BCUT2D eigenvalue weighted by Gasteiger charge is -2.30. The van der Waals surface area contributed by atoms with Gasteiger partial charge >= 0.3 is 6.36 Å². The Morgan fingerprint density at radius 3 is 2.33 bits per heavy atom. The van der Waals surface area contributed by atoms with Gasteiger partial charge in [-0.2, -0.15) is 0 Å². The molecule has 0 bridgehead atoms. The fraction of sp³-hybridized carbons (Fsp3) is 0.500. The van der Waals surface area contributed by atoms with Crippen molar-refractivity contribution in [2.45, 2.75) is 44.6 Å². The number of alkyl halides is 3. The van der Waals surface area contributed by atoms with Crippen LogP contribution in [0.5, 0.6) is 11.5 Å². The largest absolute Gasteiger partial charge is 0.573 e. The van der Waals surface area contributed by atoms with Crippen LogP contribution in [0.2, 0.25) is 0 Å². The predicted molar refractivity (Wildman–Crippen MR) is 72.9 cm³/mol. The number of ether oxygens (including phenoxy) is 2. The Kier molecular flexibility index (Phi) is 5.00. The van der Waals surface area contributed by atoms with Crippen LogP contribution in [0, 0.1) is 18.3 Å². The maximum Gasteiger partial charge on any atom is 0.573 e. The van der Waals surface area contributed by atoms with Crippen molar-refractivity contribution < 1.29 is 22.6 Å². The topological polar surface area (TPSA) is 18.5 Å². The van der Waals surface area contributed by atoms with E-state index in [0.29, 0.717) is 18.1 Å². The smallest absolute Gasteiger partial charge is 0.490 e. The Morgan fingerprint density at radius 2 is 1.71 bits per heavy atom. The summed E-state index contributed by atoms with van der Waals surface area (Å²) in [4.78, 5) is 0. The van der Waals surface area contributed by atoms with Crippen molar-refractivity contribution in [3.63, 3.8) is 0 Å². The first-order valence-corrected chi connectivity index (χ1v) is 6.94. The van der Waals surface area contributed by atoms with Gasteiger partial charge in [0.1, 0.15) is 17.6 Å². The first-order valence-electron chi connectivity index (χ1n) is 6.94. The third kappa shape index (κ3) is 4.89. The normalized spacial score (nSPS) is 22.4. The van der Waals surface area contributed by atoms with Crippen LogP contribution in [-0.2, 0) is 0 Å². The SMILES string of the molecule is C#CC[C@@H]1CCCC[C@@H]1Oc1ccc(OC(F)(F)F)cc1. The lowest BCUT2D eigenvalue weighted by Crippen LogP contribution is -2.30. The van der Waals surface area contributed by atoms with Crippen LogP contribution in [0.15, 0.2) is 24.3 Å². The highest BCUT2D eigenvalue weighted by Crippen LogP contribution is 2.31. The third-order valence-electron chi connectivity index (χ3n) is 3.56. The molecule has 2 atom stereocenters. The minimum Gasteiger partial charge on any atom is -0.490 e. The Balaban J connectivity index is 1.97. The van der Waals surface area contributed by atoms with E-state index in [2.05, 4.69) is 10.7 Å². The van der Waals surface area contributed by atoms with Gasteiger partial charge in [0.15, 0.2) is 0 Å². The molecule has 0 saturated heterocycles. The van der Waals surface area contributed by atoms with Crippen LogP contribution in [-0.4, -0.2) is 12.5 Å². The average Bonchev–Trinajstić information content (AvgIpc) is 2.42. The molecule has 1 fully saturated rings. The molecule has 114 valence electrons. The maximum atomic E-state index is 12.1. The molecule has 21 heavy (non-hydrogen) atoms. The molecule has 2 rings (SSSR count). The Morgan fingerprint density at radius 1 is 1.10 bits per heavy atom. The number of benzene rings is 1. The van der Waals surface area contributed by atoms with E-state index in [9.17, 15) is 13.2 Å². The summed E-state index contributed by atoms with van der Waals surface area (Å²) in [6, 6.07) is 5.48. The second-order valence-corrected chi connectivity index (χ2v) is 5.13. The minimum atomic E-state index is -4.68. The van der Waals surface area contributed by atoms with Crippen molar-refractivity contribution in [1.29, 1.82) is 0 Å². The Labute approximate surface area is 122 Å². The van der Waals surface area contributed by atoms with E-state index in [4.69, 9.17) is 11.2 Å². The summed E-state index contributed by atoms with van der Waals surface area (Å²) in [5.41, 5.74) is 0. The first kappa shape index (κ1) is 15.6. The van der Waals surface area contributed by atoms with Gasteiger partial charge in [0.25, 0.3) is 0 Å².